The van der Waals surface area contributed by atoms with Crippen molar-refractivity contribution >= 4 is 23.4 Å². The molecule has 13 heavy (non-hydrogen) atoms. The van der Waals surface area contributed by atoms with Gasteiger partial charge in [0.05, 0.1) is 18.1 Å². The summed E-state index contributed by atoms with van der Waals surface area (Å²) in [5.41, 5.74) is 0.995. The average molecular weight is 217 g/mol. The molecule has 0 saturated carbocycles. The van der Waals surface area contributed by atoms with Crippen molar-refractivity contribution < 1.29 is 0 Å². The van der Waals surface area contributed by atoms with E-state index in [4.69, 9.17) is 11.6 Å². The third kappa shape index (κ3) is 3.96. The maximum absolute atomic E-state index is 5.62. The molecule has 0 aromatic carbocycles. The van der Waals surface area contributed by atoms with Crippen LogP contribution in [-0.2, 0) is 5.75 Å². The maximum atomic E-state index is 5.62. The zero-order valence-corrected chi connectivity index (χ0v) is 9.40. The van der Waals surface area contributed by atoms with Crippen molar-refractivity contribution in [2.45, 2.75) is 31.3 Å². The van der Waals surface area contributed by atoms with Crippen molar-refractivity contribution in [2.24, 2.45) is 0 Å². The number of rotatable bonds is 4. The zero-order chi connectivity index (χ0) is 9.68. The molecule has 1 heterocycles. The van der Waals surface area contributed by atoms with Crippen LogP contribution in [0.4, 0.5) is 0 Å². The maximum Gasteiger partial charge on any atom is 0.147 e. The molecular weight excluding hydrogens is 204 g/mol. The molecule has 1 rings (SSSR count). The highest BCUT2D eigenvalue weighted by Gasteiger charge is 2.01. The molecule has 0 saturated heterocycles. The molecule has 72 valence electrons. The lowest BCUT2D eigenvalue weighted by molar-refractivity contribution is 0.903. The van der Waals surface area contributed by atoms with Gasteiger partial charge in [0.1, 0.15) is 5.15 Å². The summed E-state index contributed by atoms with van der Waals surface area (Å²) in [6.45, 7) is 4.40. The van der Waals surface area contributed by atoms with Crippen LogP contribution >= 0.6 is 23.4 Å². The summed E-state index contributed by atoms with van der Waals surface area (Å²) in [5, 5.41) is 1.13. The molecule has 2 nitrogen and oxygen atoms in total. The first kappa shape index (κ1) is 10.8. The largest absolute Gasteiger partial charge is 0.256 e. The average Bonchev–Trinajstić information content (AvgIpc) is 2.16. The second kappa shape index (κ2) is 5.45. The Hall–Kier alpha value is -0.280. The molecule has 0 bridgehead atoms. The smallest absolute Gasteiger partial charge is 0.147 e. The van der Waals surface area contributed by atoms with Gasteiger partial charge in [0, 0.05) is 11.0 Å². The summed E-state index contributed by atoms with van der Waals surface area (Å²) in [4.78, 5) is 8.14. The van der Waals surface area contributed by atoms with E-state index in [1.165, 1.54) is 6.42 Å². The zero-order valence-electron chi connectivity index (χ0n) is 7.83. The van der Waals surface area contributed by atoms with E-state index in [2.05, 4.69) is 23.8 Å². The molecule has 0 fully saturated rings. The molecule has 1 unspecified atom stereocenters. The van der Waals surface area contributed by atoms with Crippen molar-refractivity contribution in [2.75, 3.05) is 0 Å². The molecule has 0 aliphatic rings. The quantitative estimate of drug-likeness (QED) is 0.773. The Kier molecular flexibility index (Phi) is 4.53. The van der Waals surface area contributed by atoms with Crippen LogP contribution in [-0.4, -0.2) is 15.2 Å². The standard InChI is InChI=1S/C9H13ClN2S/c1-3-7(2)13-6-8-4-12-9(10)5-11-8/h4-5,7H,3,6H2,1-2H3. The van der Waals surface area contributed by atoms with E-state index >= 15 is 0 Å². The van der Waals surface area contributed by atoms with Crippen LogP contribution in [0.25, 0.3) is 0 Å². The summed E-state index contributed by atoms with van der Waals surface area (Å²) in [6, 6.07) is 0. The second-order valence-electron chi connectivity index (χ2n) is 2.86. The number of thioether (sulfide) groups is 1. The highest BCUT2D eigenvalue weighted by atomic mass is 35.5. The summed E-state index contributed by atoms with van der Waals surface area (Å²) < 4.78 is 0. The molecule has 0 aliphatic carbocycles. The molecule has 1 aromatic rings. The lowest BCUT2D eigenvalue weighted by Crippen LogP contribution is -1.95. The predicted molar refractivity (Wildman–Crippen MR) is 58.1 cm³/mol. The van der Waals surface area contributed by atoms with E-state index in [1.54, 1.807) is 12.4 Å². The van der Waals surface area contributed by atoms with Crippen LogP contribution in [0.15, 0.2) is 12.4 Å². The van der Waals surface area contributed by atoms with E-state index in [1.807, 2.05) is 11.8 Å². The summed E-state index contributed by atoms with van der Waals surface area (Å²) in [5.74, 6) is 0.916. The number of halogens is 1. The monoisotopic (exact) mass is 216 g/mol. The van der Waals surface area contributed by atoms with Crippen LogP contribution < -0.4 is 0 Å². The third-order valence-corrected chi connectivity index (χ3v) is 3.32. The minimum atomic E-state index is 0.456. The predicted octanol–water partition coefficient (Wildman–Crippen LogP) is 3.16. The summed E-state index contributed by atoms with van der Waals surface area (Å²) >= 11 is 7.51. The van der Waals surface area contributed by atoms with Crippen LogP contribution in [0.3, 0.4) is 0 Å². The van der Waals surface area contributed by atoms with Gasteiger partial charge in [0.2, 0.25) is 0 Å². The van der Waals surface area contributed by atoms with Crippen molar-refractivity contribution in [3.63, 3.8) is 0 Å². The van der Waals surface area contributed by atoms with Crippen molar-refractivity contribution in [3.8, 4) is 0 Å². The topological polar surface area (TPSA) is 25.8 Å². The number of hydrogen-bond donors (Lipinski definition) is 0. The third-order valence-electron chi connectivity index (χ3n) is 1.76. The number of hydrogen-bond acceptors (Lipinski definition) is 3. The minimum absolute atomic E-state index is 0.456. The van der Waals surface area contributed by atoms with Crippen molar-refractivity contribution in [3.05, 3.63) is 23.2 Å². The highest BCUT2D eigenvalue weighted by Crippen LogP contribution is 2.18. The molecule has 0 spiro atoms. The van der Waals surface area contributed by atoms with Crippen LogP contribution in [0.2, 0.25) is 5.15 Å². The van der Waals surface area contributed by atoms with Gasteiger partial charge in [-0.15, -0.1) is 0 Å². The molecule has 0 radical (unpaired) electrons. The van der Waals surface area contributed by atoms with Gasteiger partial charge in [-0.25, -0.2) is 4.98 Å². The Bertz CT molecular complexity index is 250. The molecule has 0 aliphatic heterocycles. The molecule has 0 N–H and O–H groups in total. The SMILES string of the molecule is CCC(C)SCc1cnc(Cl)cn1. The van der Waals surface area contributed by atoms with Gasteiger partial charge in [0.15, 0.2) is 0 Å². The fourth-order valence-corrected chi connectivity index (χ4v) is 1.70. The van der Waals surface area contributed by atoms with Gasteiger partial charge in [-0.3, -0.25) is 4.98 Å². The molecule has 4 heteroatoms. The van der Waals surface area contributed by atoms with Gasteiger partial charge in [-0.2, -0.15) is 11.8 Å². The van der Waals surface area contributed by atoms with Gasteiger partial charge in [-0.05, 0) is 6.42 Å². The fourth-order valence-electron chi connectivity index (χ4n) is 0.759. The highest BCUT2D eigenvalue weighted by molar-refractivity contribution is 7.99. The Morgan fingerprint density at radius 1 is 1.46 bits per heavy atom. The van der Waals surface area contributed by atoms with E-state index < -0.39 is 0 Å². The first-order chi connectivity index (χ1) is 6.22. The van der Waals surface area contributed by atoms with Crippen molar-refractivity contribution in [1.82, 2.24) is 9.97 Å². The van der Waals surface area contributed by atoms with Gasteiger partial charge < -0.3 is 0 Å². The van der Waals surface area contributed by atoms with E-state index in [0.29, 0.717) is 10.4 Å². The summed E-state index contributed by atoms with van der Waals surface area (Å²) in [6.07, 6.45) is 4.51. The van der Waals surface area contributed by atoms with E-state index in [9.17, 15) is 0 Å². The van der Waals surface area contributed by atoms with E-state index in [0.717, 1.165) is 11.4 Å². The first-order valence-corrected chi connectivity index (χ1v) is 5.73. The first-order valence-electron chi connectivity index (χ1n) is 4.30. The molecule has 0 amide bonds. The van der Waals surface area contributed by atoms with Crippen LogP contribution in [0.1, 0.15) is 26.0 Å². The molecule has 1 atom stereocenters. The molecule has 1 aromatic heterocycles. The second-order valence-corrected chi connectivity index (χ2v) is 4.67. The van der Waals surface area contributed by atoms with Crippen molar-refractivity contribution in [1.29, 1.82) is 0 Å². The normalized spacial score (nSPS) is 12.8. The van der Waals surface area contributed by atoms with Gasteiger partial charge in [-0.1, -0.05) is 25.4 Å². The fraction of sp³-hybridized carbons (Fsp3) is 0.556. The molecular formula is C9H13ClN2S. The minimum Gasteiger partial charge on any atom is -0.256 e. The van der Waals surface area contributed by atoms with Crippen LogP contribution in [0, 0.1) is 0 Å². The number of nitrogens with zero attached hydrogens (tertiary/aromatic N) is 2. The lowest BCUT2D eigenvalue weighted by Gasteiger charge is -2.06. The van der Waals surface area contributed by atoms with E-state index in [-0.39, 0.29) is 0 Å². The Balaban J connectivity index is 2.41. The summed E-state index contributed by atoms with van der Waals surface area (Å²) in [7, 11) is 0. The van der Waals surface area contributed by atoms with Crippen LogP contribution in [0.5, 0.6) is 0 Å². The Labute approximate surface area is 88.1 Å². The van der Waals surface area contributed by atoms with Gasteiger partial charge in [0.25, 0.3) is 0 Å². The Morgan fingerprint density at radius 3 is 2.77 bits per heavy atom. The lowest BCUT2D eigenvalue weighted by atomic mass is 10.4. The van der Waals surface area contributed by atoms with Gasteiger partial charge >= 0.3 is 0 Å². The Morgan fingerprint density at radius 2 is 2.23 bits per heavy atom. The number of aromatic nitrogens is 2.